The SMILES string of the molecule is CCc1c(Cl)ccc2c1c(C)c(C(=O)OC)n2CCCOc1cc(CCc2cc(CSC)nn2C)cc2c1CCCC2. The molecule has 5 rings (SSSR count). The van der Waals surface area contributed by atoms with Crippen LogP contribution in [0.5, 0.6) is 5.75 Å². The summed E-state index contributed by atoms with van der Waals surface area (Å²) in [6, 6.07) is 10.8. The van der Waals surface area contributed by atoms with Gasteiger partial charge in [0.15, 0.2) is 0 Å². The summed E-state index contributed by atoms with van der Waals surface area (Å²) in [4.78, 5) is 12.9. The number of methoxy groups -OCH3 is 1. The number of esters is 1. The van der Waals surface area contributed by atoms with Gasteiger partial charge < -0.3 is 14.0 Å². The van der Waals surface area contributed by atoms with Crippen LogP contribution in [0.4, 0.5) is 0 Å². The van der Waals surface area contributed by atoms with Crippen LogP contribution in [0.1, 0.15) is 75.9 Å². The van der Waals surface area contributed by atoms with Crippen LogP contribution in [0, 0.1) is 6.92 Å². The maximum Gasteiger partial charge on any atom is 0.354 e. The highest BCUT2D eigenvalue weighted by atomic mass is 35.5. The van der Waals surface area contributed by atoms with Crippen LogP contribution in [0.25, 0.3) is 10.9 Å². The van der Waals surface area contributed by atoms with E-state index in [1.807, 2.05) is 30.8 Å². The Hall–Kier alpha value is -2.90. The lowest BCUT2D eigenvalue weighted by Crippen LogP contribution is -2.14. The summed E-state index contributed by atoms with van der Waals surface area (Å²) >= 11 is 8.35. The topological polar surface area (TPSA) is 58.3 Å². The van der Waals surface area contributed by atoms with Gasteiger partial charge in [0.25, 0.3) is 0 Å². The van der Waals surface area contributed by atoms with Crippen molar-refractivity contribution in [3.8, 4) is 5.75 Å². The molecule has 2 aromatic heterocycles. The lowest BCUT2D eigenvalue weighted by molar-refractivity contribution is 0.0587. The fourth-order valence-electron chi connectivity index (χ4n) is 6.50. The molecule has 0 fully saturated rings. The van der Waals surface area contributed by atoms with Gasteiger partial charge in [0.05, 0.1) is 19.4 Å². The van der Waals surface area contributed by atoms with Gasteiger partial charge in [-0.1, -0.05) is 24.6 Å². The van der Waals surface area contributed by atoms with Crippen LogP contribution in [0.15, 0.2) is 30.3 Å². The number of thioether (sulfide) groups is 1. The molecule has 1 aliphatic rings. The molecule has 0 amide bonds. The first-order chi connectivity index (χ1) is 20.4. The number of nitrogens with zero attached hydrogens (tertiary/aromatic N) is 3. The van der Waals surface area contributed by atoms with E-state index in [9.17, 15) is 4.79 Å². The number of rotatable bonds is 12. The molecule has 0 saturated carbocycles. The second-order valence-electron chi connectivity index (χ2n) is 11.2. The Balaban J connectivity index is 1.33. The van der Waals surface area contributed by atoms with Crippen molar-refractivity contribution < 1.29 is 14.3 Å². The molecule has 6 nitrogen and oxygen atoms in total. The van der Waals surface area contributed by atoms with E-state index in [-0.39, 0.29) is 5.97 Å². The van der Waals surface area contributed by atoms with E-state index in [1.165, 1.54) is 42.3 Å². The van der Waals surface area contributed by atoms with E-state index < -0.39 is 0 Å². The van der Waals surface area contributed by atoms with Crippen molar-refractivity contribution in [1.29, 1.82) is 0 Å². The lowest BCUT2D eigenvalue weighted by atomic mass is 9.88. The third-order valence-electron chi connectivity index (χ3n) is 8.51. The minimum Gasteiger partial charge on any atom is -0.493 e. The Morgan fingerprint density at radius 1 is 1.14 bits per heavy atom. The largest absolute Gasteiger partial charge is 0.493 e. The maximum absolute atomic E-state index is 12.9. The number of hydrogen-bond donors (Lipinski definition) is 0. The van der Waals surface area contributed by atoms with Gasteiger partial charge >= 0.3 is 5.97 Å². The average Bonchev–Trinajstić information content (AvgIpc) is 3.49. The second kappa shape index (κ2) is 13.6. The fraction of sp³-hybridized carbons (Fsp3) is 0.471. The third-order valence-corrected chi connectivity index (χ3v) is 9.45. The molecule has 0 spiro atoms. The number of halogens is 1. The normalized spacial score (nSPS) is 13.0. The Morgan fingerprint density at radius 3 is 2.71 bits per heavy atom. The summed E-state index contributed by atoms with van der Waals surface area (Å²) in [6.45, 7) is 5.31. The monoisotopic (exact) mass is 607 g/mol. The second-order valence-corrected chi connectivity index (χ2v) is 12.5. The first-order valence-corrected chi connectivity index (χ1v) is 16.8. The fourth-order valence-corrected chi connectivity index (χ4v) is 7.23. The van der Waals surface area contributed by atoms with Crippen molar-refractivity contribution in [3.63, 3.8) is 0 Å². The summed E-state index contributed by atoms with van der Waals surface area (Å²) in [5.74, 6) is 1.65. The number of carbonyl (C=O) groups is 1. The summed E-state index contributed by atoms with van der Waals surface area (Å²) < 4.78 is 15.8. The zero-order chi connectivity index (χ0) is 29.8. The number of ether oxygens (including phenoxy) is 2. The van der Waals surface area contributed by atoms with E-state index in [0.29, 0.717) is 18.8 Å². The molecule has 0 aliphatic heterocycles. The zero-order valence-electron chi connectivity index (χ0n) is 25.5. The van der Waals surface area contributed by atoms with Gasteiger partial charge in [0.2, 0.25) is 0 Å². The van der Waals surface area contributed by atoms with Gasteiger partial charge in [0.1, 0.15) is 11.4 Å². The molecule has 0 atom stereocenters. The van der Waals surface area contributed by atoms with Crippen molar-refractivity contribution in [1.82, 2.24) is 14.3 Å². The molecule has 0 radical (unpaired) electrons. The Morgan fingerprint density at radius 2 is 1.95 bits per heavy atom. The Bertz CT molecular complexity index is 1590. The van der Waals surface area contributed by atoms with Crippen molar-refractivity contribution in [2.45, 2.75) is 77.5 Å². The number of hydrogen-bond acceptors (Lipinski definition) is 5. The van der Waals surface area contributed by atoms with E-state index in [4.69, 9.17) is 21.1 Å². The van der Waals surface area contributed by atoms with Crippen LogP contribution in [0.3, 0.4) is 0 Å². The molecule has 0 bridgehead atoms. The molecule has 0 N–H and O–H groups in total. The third kappa shape index (κ3) is 6.23. The summed E-state index contributed by atoms with van der Waals surface area (Å²) in [6.07, 6.45) is 10.2. The van der Waals surface area contributed by atoms with Crippen molar-refractivity contribution >= 4 is 40.2 Å². The Kier molecular flexibility index (Phi) is 9.89. The predicted molar refractivity (Wildman–Crippen MR) is 173 cm³/mol. The molecule has 4 aromatic rings. The van der Waals surface area contributed by atoms with Crippen molar-refractivity contribution in [2.75, 3.05) is 20.0 Å². The molecule has 224 valence electrons. The number of fused-ring (bicyclic) bond motifs is 2. The molecule has 1 aliphatic carbocycles. The predicted octanol–water partition coefficient (Wildman–Crippen LogP) is 7.68. The van der Waals surface area contributed by atoms with E-state index in [2.05, 4.69) is 41.0 Å². The Labute approximate surface area is 258 Å². The number of aromatic nitrogens is 3. The number of aryl methyl sites for hydroxylation is 7. The average molecular weight is 608 g/mol. The summed E-state index contributed by atoms with van der Waals surface area (Å²) in [7, 11) is 3.48. The molecule has 2 heterocycles. The van der Waals surface area contributed by atoms with Gasteiger partial charge in [-0.2, -0.15) is 16.9 Å². The first kappa shape index (κ1) is 30.6. The van der Waals surface area contributed by atoms with Crippen LogP contribution >= 0.6 is 23.4 Å². The summed E-state index contributed by atoms with van der Waals surface area (Å²) in [5.41, 5.74) is 10.1. The first-order valence-electron chi connectivity index (χ1n) is 15.0. The smallest absolute Gasteiger partial charge is 0.354 e. The lowest BCUT2D eigenvalue weighted by Gasteiger charge is -2.21. The molecule has 8 heteroatoms. The minimum atomic E-state index is -0.321. The summed E-state index contributed by atoms with van der Waals surface area (Å²) in [5, 5.41) is 6.46. The van der Waals surface area contributed by atoms with Gasteiger partial charge in [-0.3, -0.25) is 4.68 Å². The van der Waals surface area contributed by atoms with Gasteiger partial charge in [-0.25, -0.2) is 4.79 Å². The molecular weight excluding hydrogens is 566 g/mol. The van der Waals surface area contributed by atoms with Crippen molar-refractivity contribution in [2.24, 2.45) is 7.05 Å². The van der Waals surface area contributed by atoms with Crippen LogP contribution in [-0.2, 0) is 56.2 Å². The molecule has 2 aromatic carbocycles. The van der Waals surface area contributed by atoms with Crippen molar-refractivity contribution in [3.05, 3.63) is 80.3 Å². The van der Waals surface area contributed by atoms with E-state index in [1.54, 1.807) is 11.8 Å². The molecule has 0 saturated heterocycles. The van der Waals surface area contributed by atoms with Gasteiger partial charge in [-0.05, 0) is 117 Å². The molecule has 42 heavy (non-hydrogen) atoms. The quantitative estimate of drug-likeness (QED) is 0.122. The van der Waals surface area contributed by atoms with Gasteiger partial charge in [0, 0.05) is 41.0 Å². The molecule has 0 unspecified atom stereocenters. The van der Waals surface area contributed by atoms with Crippen LogP contribution in [-0.4, -0.2) is 40.3 Å². The number of carbonyl (C=O) groups excluding carboxylic acids is 1. The van der Waals surface area contributed by atoms with E-state index >= 15 is 0 Å². The van der Waals surface area contributed by atoms with Gasteiger partial charge in [-0.15, -0.1) is 0 Å². The maximum atomic E-state index is 12.9. The highest BCUT2D eigenvalue weighted by molar-refractivity contribution is 7.97. The van der Waals surface area contributed by atoms with Crippen LogP contribution < -0.4 is 4.74 Å². The highest BCUT2D eigenvalue weighted by Gasteiger charge is 2.23. The molecular formula is C34H42ClN3O3S. The zero-order valence-corrected chi connectivity index (χ0v) is 27.1. The highest BCUT2D eigenvalue weighted by Crippen LogP contribution is 2.35. The minimum absolute atomic E-state index is 0.321. The van der Waals surface area contributed by atoms with Crippen LogP contribution in [0.2, 0.25) is 5.02 Å². The standard InChI is InChI=1S/C34H42ClN3O3S/c1-6-27-29(35)14-15-30-32(27)22(2)33(34(39)40-4)38(30)16-9-17-41-31-19-23(18-24-10-7-8-11-28(24)31)12-13-26-20-25(21-42-5)36-37(26)3/h14-15,18-20H,6-13,16-17,21H2,1-5H3. The number of benzene rings is 2. The van der Waals surface area contributed by atoms with E-state index in [0.717, 1.165) is 82.8 Å².